The molecule has 23 heavy (non-hydrogen) atoms. The van der Waals surface area contributed by atoms with Crippen LogP contribution in [0.2, 0.25) is 0 Å². The fourth-order valence-corrected chi connectivity index (χ4v) is 3.59. The van der Waals surface area contributed by atoms with Gasteiger partial charge in [0.25, 0.3) is 0 Å². The van der Waals surface area contributed by atoms with E-state index in [4.69, 9.17) is 9.57 Å². The van der Waals surface area contributed by atoms with E-state index in [1.54, 1.807) is 7.11 Å². The van der Waals surface area contributed by atoms with Crippen molar-refractivity contribution >= 4 is 5.91 Å². The molecule has 0 radical (unpaired) electrons. The van der Waals surface area contributed by atoms with Gasteiger partial charge in [0.15, 0.2) is 6.29 Å². The number of hydrogen-bond donors (Lipinski definition) is 1. The van der Waals surface area contributed by atoms with Crippen LogP contribution in [0.15, 0.2) is 30.3 Å². The average molecular weight is 318 g/mol. The Morgan fingerprint density at radius 2 is 1.96 bits per heavy atom. The molecule has 2 aliphatic heterocycles. The molecule has 1 amide bonds. The Bertz CT molecular complexity index is 512. The summed E-state index contributed by atoms with van der Waals surface area (Å²) in [7, 11) is 1.69. The Hall–Kier alpha value is -1.43. The number of amides is 1. The molecule has 0 saturated carbocycles. The van der Waals surface area contributed by atoms with Crippen molar-refractivity contribution in [2.75, 3.05) is 26.7 Å². The number of carbonyl (C=O) groups excluding carboxylic acids is 1. The van der Waals surface area contributed by atoms with Crippen LogP contribution in [-0.4, -0.2) is 44.0 Å². The molecule has 1 unspecified atom stereocenters. The minimum absolute atomic E-state index is 0.185. The minimum atomic E-state index is -0.263. The lowest BCUT2D eigenvalue weighted by molar-refractivity contribution is -0.283. The lowest BCUT2D eigenvalue weighted by Crippen LogP contribution is -2.48. The van der Waals surface area contributed by atoms with Gasteiger partial charge >= 0.3 is 0 Å². The number of nitrogens with one attached hydrogen (secondary N) is 1. The monoisotopic (exact) mass is 318 g/mol. The zero-order valence-electron chi connectivity index (χ0n) is 13.8. The normalized spacial score (nSPS) is 22.7. The van der Waals surface area contributed by atoms with Crippen molar-refractivity contribution < 1.29 is 14.4 Å². The number of nitrogens with zero attached hydrogens (tertiary/aromatic N) is 1. The zero-order chi connectivity index (χ0) is 16.1. The highest BCUT2D eigenvalue weighted by atomic mass is 16.8. The third kappa shape index (κ3) is 4.31. The van der Waals surface area contributed by atoms with Gasteiger partial charge in [0.05, 0.1) is 0 Å². The first kappa shape index (κ1) is 16.4. The van der Waals surface area contributed by atoms with Crippen LogP contribution in [0.25, 0.3) is 0 Å². The number of ether oxygens (including phenoxy) is 1. The lowest BCUT2D eigenvalue weighted by atomic mass is 9.72. The highest BCUT2D eigenvalue weighted by Crippen LogP contribution is 2.40. The van der Waals surface area contributed by atoms with Gasteiger partial charge < -0.3 is 10.1 Å². The van der Waals surface area contributed by atoms with Crippen LogP contribution in [0.4, 0.5) is 0 Å². The van der Waals surface area contributed by atoms with Gasteiger partial charge in [-0.05, 0) is 30.2 Å². The summed E-state index contributed by atoms with van der Waals surface area (Å²) in [4.78, 5) is 17.7. The smallest absolute Gasteiger partial charge is 0.220 e. The van der Waals surface area contributed by atoms with E-state index in [0.29, 0.717) is 6.42 Å². The van der Waals surface area contributed by atoms with Crippen molar-refractivity contribution in [1.82, 2.24) is 10.4 Å². The van der Waals surface area contributed by atoms with E-state index in [2.05, 4.69) is 17.4 Å². The molecule has 1 N–H and O–H groups in total. The Balaban J connectivity index is 1.50. The summed E-state index contributed by atoms with van der Waals surface area (Å²) in [5.74, 6) is 0.199. The van der Waals surface area contributed by atoms with Crippen LogP contribution < -0.4 is 5.32 Å². The molecule has 2 aliphatic rings. The van der Waals surface area contributed by atoms with Crippen LogP contribution in [0, 0.1) is 5.41 Å². The molecule has 1 atom stereocenters. The van der Waals surface area contributed by atoms with Crippen molar-refractivity contribution in [1.29, 1.82) is 0 Å². The molecule has 0 aromatic heterocycles. The molecule has 1 aromatic carbocycles. The van der Waals surface area contributed by atoms with Gasteiger partial charge in [0, 0.05) is 39.6 Å². The predicted octanol–water partition coefficient (Wildman–Crippen LogP) is 2.13. The summed E-state index contributed by atoms with van der Waals surface area (Å²) in [6, 6.07) is 10.2. The van der Waals surface area contributed by atoms with Crippen LogP contribution in [0.1, 0.15) is 31.2 Å². The van der Waals surface area contributed by atoms with Gasteiger partial charge in [-0.2, -0.15) is 5.06 Å². The van der Waals surface area contributed by atoms with Gasteiger partial charge in [0.1, 0.15) is 0 Å². The first-order chi connectivity index (χ1) is 11.2. The number of methoxy groups -OCH3 is 1. The second-order valence-corrected chi connectivity index (χ2v) is 6.67. The molecular weight excluding hydrogens is 292 g/mol. The second-order valence-electron chi connectivity index (χ2n) is 6.67. The average Bonchev–Trinajstić information content (AvgIpc) is 2.57. The number of benzene rings is 1. The van der Waals surface area contributed by atoms with Gasteiger partial charge in [-0.15, -0.1) is 0 Å². The van der Waals surface area contributed by atoms with Crippen LogP contribution >= 0.6 is 0 Å². The number of carbonyl (C=O) groups is 1. The van der Waals surface area contributed by atoms with Crippen molar-refractivity contribution in [3.8, 4) is 0 Å². The maximum absolute atomic E-state index is 11.7. The lowest BCUT2D eigenvalue weighted by Gasteiger charge is -2.43. The van der Waals surface area contributed by atoms with Crippen molar-refractivity contribution in [2.45, 2.75) is 38.4 Å². The molecule has 126 valence electrons. The van der Waals surface area contributed by atoms with Gasteiger partial charge in [-0.1, -0.05) is 30.3 Å². The van der Waals surface area contributed by atoms with Crippen LogP contribution in [-0.2, 0) is 20.8 Å². The summed E-state index contributed by atoms with van der Waals surface area (Å²) >= 11 is 0. The molecule has 0 bridgehead atoms. The minimum Gasteiger partial charge on any atom is -0.356 e. The molecular formula is C18H26N2O3. The third-order valence-corrected chi connectivity index (χ3v) is 5.07. The fraction of sp³-hybridized carbons (Fsp3) is 0.611. The van der Waals surface area contributed by atoms with Crippen LogP contribution in [0.5, 0.6) is 0 Å². The first-order valence-electron chi connectivity index (χ1n) is 8.44. The number of hydrogen-bond acceptors (Lipinski definition) is 4. The van der Waals surface area contributed by atoms with Crippen molar-refractivity contribution in [2.24, 2.45) is 5.41 Å². The van der Waals surface area contributed by atoms with E-state index < -0.39 is 0 Å². The fourth-order valence-electron chi connectivity index (χ4n) is 3.59. The Labute approximate surface area is 137 Å². The summed E-state index contributed by atoms with van der Waals surface area (Å²) in [5, 5.41) is 4.94. The second kappa shape index (κ2) is 7.43. The van der Waals surface area contributed by atoms with E-state index in [1.165, 1.54) is 5.56 Å². The quantitative estimate of drug-likeness (QED) is 0.845. The molecule has 0 aliphatic carbocycles. The molecule has 1 spiro atoms. The molecule has 5 nitrogen and oxygen atoms in total. The molecule has 2 heterocycles. The topological polar surface area (TPSA) is 50.8 Å². The Morgan fingerprint density at radius 3 is 2.61 bits per heavy atom. The largest absolute Gasteiger partial charge is 0.356 e. The van der Waals surface area contributed by atoms with Crippen molar-refractivity contribution in [3.63, 3.8) is 0 Å². The van der Waals surface area contributed by atoms with Gasteiger partial charge in [0.2, 0.25) is 5.91 Å². The first-order valence-corrected chi connectivity index (χ1v) is 8.44. The molecule has 2 fully saturated rings. The highest BCUT2D eigenvalue weighted by Gasteiger charge is 2.39. The maximum atomic E-state index is 11.7. The van der Waals surface area contributed by atoms with E-state index in [-0.39, 0.29) is 17.6 Å². The van der Waals surface area contributed by atoms with E-state index in [1.807, 2.05) is 23.3 Å². The highest BCUT2D eigenvalue weighted by molar-refractivity contribution is 5.77. The van der Waals surface area contributed by atoms with E-state index in [9.17, 15) is 4.79 Å². The number of piperidine rings is 2. The zero-order valence-corrected chi connectivity index (χ0v) is 13.8. The molecule has 5 heteroatoms. The Kier molecular flexibility index (Phi) is 5.30. The molecule has 2 saturated heterocycles. The number of rotatable bonds is 5. The summed E-state index contributed by atoms with van der Waals surface area (Å²) in [6.45, 7) is 2.54. The third-order valence-electron chi connectivity index (χ3n) is 5.07. The van der Waals surface area contributed by atoms with Crippen molar-refractivity contribution in [3.05, 3.63) is 35.9 Å². The summed E-state index contributed by atoms with van der Waals surface area (Å²) < 4.78 is 5.48. The Morgan fingerprint density at radius 1 is 1.22 bits per heavy atom. The van der Waals surface area contributed by atoms with Gasteiger partial charge in [-0.25, -0.2) is 0 Å². The summed E-state index contributed by atoms with van der Waals surface area (Å²) in [6.07, 6.45) is 4.26. The predicted molar refractivity (Wildman–Crippen MR) is 87.5 cm³/mol. The number of hydroxylamine groups is 2. The molecule has 3 rings (SSSR count). The summed E-state index contributed by atoms with van der Waals surface area (Å²) in [5.41, 5.74) is 1.39. The standard InChI is InChI=1S/C18H26N2O3/c1-22-17(13-15-5-3-2-4-6-15)23-20-11-8-18(9-12-20)7-10-19-16(21)14-18/h2-6,17H,7-14H2,1H3,(H,19,21). The SMILES string of the molecule is COC(Cc1ccccc1)ON1CCC2(CCNC(=O)C2)CC1. The molecule has 1 aromatic rings. The van der Waals surface area contributed by atoms with E-state index >= 15 is 0 Å². The van der Waals surface area contributed by atoms with Gasteiger partial charge in [-0.3, -0.25) is 9.63 Å². The van der Waals surface area contributed by atoms with E-state index in [0.717, 1.165) is 45.3 Å². The maximum Gasteiger partial charge on any atom is 0.220 e. The van der Waals surface area contributed by atoms with Crippen LogP contribution in [0.3, 0.4) is 0 Å².